The maximum Gasteiger partial charge on any atom is 0.119 e. The van der Waals surface area contributed by atoms with E-state index >= 15 is 0 Å². The average Bonchev–Trinajstić information content (AvgIpc) is 2.97. The van der Waals surface area contributed by atoms with Gasteiger partial charge in [0.1, 0.15) is 18.0 Å². The van der Waals surface area contributed by atoms with Crippen LogP contribution in [0, 0.1) is 6.92 Å². The Labute approximate surface area is 144 Å². The average molecular weight is 335 g/mol. The predicted molar refractivity (Wildman–Crippen MR) is 92.5 cm³/mol. The van der Waals surface area contributed by atoms with E-state index in [9.17, 15) is 5.11 Å². The standard InChI is InChI=1S/C19H29NO4/c1-16-4-3-5-17(12-16)24-15-19(22-2)6-9-20(14-19)13-18(21)7-10-23-11-8-18/h3-5,12,21H,6-11,13-15H2,1-2H3/t19-/m0/s1. The molecular weight excluding hydrogens is 306 g/mol. The molecule has 134 valence electrons. The number of aryl methyl sites for hydroxylation is 1. The molecule has 2 aliphatic heterocycles. The molecule has 0 spiro atoms. The molecule has 0 radical (unpaired) electrons. The number of aliphatic hydroxyl groups is 1. The molecule has 2 aliphatic rings. The van der Waals surface area contributed by atoms with Crippen LogP contribution in [-0.2, 0) is 9.47 Å². The lowest BCUT2D eigenvalue weighted by Gasteiger charge is -2.36. The maximum atomic E-state index is 10.7. The topological polar surface area (TPSA) is 51.2 Å². The zero-order valence-electron chi connectivity index (χ0n) is 14.8. The molecule has 0 aromatic heterocycles. The van der Waals surface area contributed by atoms with Crippen molar-refractivity contribution in [3.05, 3.63) is 29.8 Å². The van der Waals surface area contributed by atoms with Crippen molar-refractivity contribution >= 4 is 0 Å². The SMILES string of the molecule is CO[C@@]1(COc2cccc(C)c2)CCN(CC2(O)CCOCC2)C1. The van der Waals surface area contributed by atoms with Crippen LogP contribution in [0.15, 0.2) is 24.3 Å². The zero-order chi connectivity index (χ0) is 17.0. The first-order valence-corrected chi connectivity index (χ1v) is 8.80. The van der Waals surface area contributed by atoms with Gasteiger partial charge in [0.05, 0.1) is 5.60 Å². The molecule has 1 N–H and O–H groups in total. The highest BCUT2D eigenvalue weighted by Crippen LogP contribution is 2.30. The number of nitrogens with zero attached hydrogens (tertiary/aromatic N) is 1. The largest absolute Gasteiger partial charge is 0.491 e. The Morgan fingerprint density at radius 1 is 1.25 bits per heavy atom. The zero-order valence-corrected chi connectivity index (χ0v) is 14.8. The van der Waals surface area contributed by atoms with Crippen molar-refractivity contribution in [2.75, 3.05) is 46.6 Å². The molecule has 2 heterocycles. The van der Waals surface area contributed by atoms with Crippen LogP contribution in [-0.4, -0.2) is 67.8 Å². The van der Waals surface area contributed by atoms with Gasteiger partial charge in [0.25, 0.3) is 0 Å². The molecule has 0 bridgehead atoms. The lowest BCUT2D eigenvalue weighted by molar-refractivity contribution is -0.0837. The van der Waals surface area contributed by atoms with Gasteiger partial charge >= 0.3 is 0 Å². The number of benzene rings is 1. The Balaban J connectivity index is 1.56. The van der Waals surface area contributed by atoms with Crippen LogP contribution in [0.3, 0.4) is 0 Å². The van der Waals surface area contributed by atoms with Crippen molar-refractivity contribution in [1.29, 1.82) is 0 Å². The quantitative estimate of drug-likeness (QED) is 0.862. The molecular formula is C19H29NO4. The van der Waals surface area contributed by atoms with E-state index in [0.717, 1.165) is 25.3 Å². The van der Waals surface area contributed by atoms with Gasteiger partial charge in [-0.15, -0.1) is 0 Å². The molecule has 3 rings (SSSR count). The number of ether oxygens (including phenoxy) is 3. The lowest BCUT2D eigenvalue weighted by atomic mass is 9.94. The van der Waals surface area contributed by atoms with Crippen molar-refractivity contribution < 1.29 is 19.3 Å². The van der Waals surface area contributed by atoms with Gasteiger partial charge in [-0.25, -0.2) is 0 Å². The Hall–Kier alpha value is -1.14. The second-order valence-corrected chi connectivity index (χ2v) is 7.29. The first-order chi connectivity index (χ1) is 11.5. The van der Waals surface area contributed by atoms with Crippen molar-refractivity contribution in [2.24, 2.45) is 0 Å². The van der Waals surface area contributed by atoms with Gasteiger partial charge < -0.3 is 19.3 Å². The minimum absolute atomic E-state index is 0.300. The molecule has 0 unspecified atom stereocenters. The molecule has 1 atom stereocenters. The Morgan fingerprint density at radius 3 is 2.75 bits per heavy atom. The molecule has 24 heavy (non-hydrogen) atoms. The molecule has 0 saturated carbocycles. The van der Waals surface area contributed by atoms with E-state index in [4.69, 9.17) is 14.2 Å². The van der Waals surface area contributed by atoms with Crippen molar-refractivity contribution in [3.8, 4) is 5.75 Å². The van der Waals surface area contributed by atoms with Crippen LogP contribution >= 0.6 is 0 Å². The van der Waals surface area contributed by atoms with Gasteiger partial charge in [-0.3, -0.25) is 4.90 Å². The second kappa shape index (κ2) is 7.40. The van der Waals surface area contributed by atoms with Crippen LogP contribution in [0.5, 0.6) is 5.75 Å². The number of hydrogen-bond donors (Lipinski definition) is 1. The monoisotopic (exact) mass is 335 g/mol. The number of hydrogen-bond acceptors (Lipinski definition) is 5. The fourth-order valence-corrected chi connectivity index (χ4v) is 3.65. The predicted octanol–water partition coefficient (Wildman–Crippen LogP) is 2.01. The summed E-state index contributed by atoms with van der Waals surface area (Å²) < 4.78 is 17.2. The van der Waals surface area contributed by atoms with Gasteiger partial charge in [0, 0.05) is 52.8 Å². The molecule has 1 aromatic rings. The number of likely N-dealkylation sites (tertiary alicyclic amines) is 1. The smallest absolute Gasteiger partial charge is 0.119 e. The van der Waals surface area contributed by atoms with Crippen LogP contribution in [0.2, 0.25) is 0 Å². The first-order valence-electron chi connectivity index (χ1n) is 8.80. The molecule has 1 aromatic carbocycles. The van der Waals surface area contributed by atoms with Crippen molar-refractivity contribution in [3.63, 3.8) is 0 Å². The van der Waals surface area contributed by atoms with Gasteiger partial charge in [-0.05, 0) is 31.0 Å². The lowest BCUT2D eigenvalue weighted by Crippen LogP contribution is -2.48. The van der Waals surface area contributed by atoms with E-state index < -0.39 is 5.60 Å². The Bertz CT molecular complexity index is 544. The third-order valence-electron chi connectivity index (χ3n) is 5.26. The Kier molecular flexibility index (Phi) is 5.45. The van der Waals surface area contributed by atoms with Crippen LogP contribution in [0.4, 0.5) is 0 Å². The minimum Gasteiger partial charge on any atom is -0.491 e. The molecule has 0 amide bonds. The van der Waals surface area contributed by atoms with Gasteiger partial charge in [-0.2, -0.15) is 0 Å². The summed E-state index contributed by atoms with van der Waals surface area (Å²) in [6.07, 6.45) is 2.34. The third-order valence-corrected chi connectivity index (χ3v) is 5.26. The summed E-state index contributed by atoms with van der Waals surface area (Å²) in [5.74, 6) is 0.882. The van der Waals surface area contributed by atoms with E-state index in [0.29, 0.717) is 39.2 Å². The number of β-amino-alcohol motifs (C(OH)–C–C–N with tert-alkyl or cyclic N) is 1. The maximum absolute atomic E-state index is 10.7. The van der Waals surface area contributed by atoms with Crippen LogP contribution in [0.1, 0.15) is 24.8 Å². The summed E-state index contributed by atoms with van der Waals surface area (Å²) in [5, 5.41) is 10.7. The van der Waals surface area contributed by atoms with Crippen molar-refractivity contribution in [2.45, 2.75) is 37.4 Å². The fourth-order valence-electron chi connectivity index (χ4n) is 3.65. The number of rotatable bonds is 6. The minimum atomic E-state index is -0.626. The highest BCUT2D eigenvalue weighted by Gasteiger charge is 2.42. The number of methoxy groups -OCH3 is 1. The van der Waals surface area contributed by atoms with Gasteiger partial charge in [0.2, 0.25) is 0 Å². The summed E-state index contributed by atoms with van der Waals surface area (Å²) >= 11 is 0. The summed E-state index contributed by atoms with van der Waals surface area (Å²) in [7, 11) is 1.76. The van der Waals surface area contributed by atoms with Crippen LogP contribution < -0.4 is 4.74 Å². The van der Waals surface area contributed by atoms with Gasteiger partial charge in [0.15, 0.2) is 0 Å². The summed E-state index contributed by atoms with van der Waals surface area (Å²) in [6, 6.07) is 8.09. The van der Waals surface area contributed by atoms with Crippen LogP contribution in [0.25, 0.3) is 0 Å². The fraction of sp³-hybridized carbons (Fsp3) is 0.684. The first kappa shape index (κ1) is 17.7. The summed E-state index contributed by atoms with van der Waals surface area (Å²) in [5.41, 5.74) is 0.263. The summed E-state index contributed by atoms with van der Waals surface area (Å²) in [6.45, 7) is 6.29. The molecule has 5 heteroatoms. The highest BCUT2D eigenvalue weighted by molar-refractivity contribution is 5.27. The summed E-state index contributed by atoms with van der Waals surface area (Å²) in [4.78, 5) is 2.30. The van der Waals surface area contributed by atoms with Gasteiger partial charge in [-0.1, -0.05) is 12.1 Å². The molecule has 2 fully saturated rings. The Morgan fingerprint density at radius 2 is 2.04 bits per heavy atom. The van der Waals surface area contributed by atoms with E-state index in [-0.39, 0.29) is 5.60 Å². The highest BCUT2D eigenvalue weighted by atomic mass is 16.5. The van der Waals surface area contributed by atoms with Crippen molar-refractivity contribution in [1.82, 2.24) is 4.90 Å². The van der Waals surface area contributed by atoms with E-state index in [1.807, 2.05) is 18.2 Å². The molecule has 5 nitrogen and oxygen atoms in total. The van der Waals surface area contributed by atoms with E-state index in [1.54, 1.807) is 7.11 Å². The third kappa shape index (κ3) is 4.28. The van der Waals surface area contributed by atoms with E-state index in [1.165, 1.54) is 5.56 Å². The van der Waals surface area contributed by atoms with E-state index in [2.05, 4.69) is 17.9 Å². The second-order valence-electron chi connectivity index (χ2n) is 7.29. The normalized spacial score (nSPS) is 27.3. The molecule has 2 saturated heterocycles. The molecule has 0 aliphatic carbocycles.